The minimum atomic E-state index is -0.168. The van der Waals surface area contributed by atoms with Crippen LogP contribution in [0.25, 0.3) is 11.0 Å². The lowest BCUT2D eigenvalue weighted by Crippen LogP contribution is -2.36. The highest BCUT2D eigenvalue weighted by molar-refractivity contribution is 6.30. The third-order valence-electron chi connectivity index (χ3n) is 7.04. The quantitative estimate of drug-likeness (QED) is 0.153. The number of pyridine rings is 1. The summed E-state index contributed by atoms with van der Waals surface area (Å²) < 4.78 is 2.23. The van der Waals surface area contributed by atoms with Crippen LogP contribution in [0.2, 0.25) is 5.02 Å². The maximum absolute atomic E-state index is 13.6. The molecule has 0 aliphatic heterocycles. The van der Waals surface area contributed by atoms with Gasteiger partial charge in [0.15, 0.2) is 0 Å². The largest absolute Gasteiger partial charge is 0.384 e. The van der Waals surface area contributed by atoms with Crippen molar-refractivity contribution in [1.29, 1.82) is 5.41 Å². The molecule has 9 heteroatoms. The fourth-order valence-electron chi connectivity index (χ4n) is 4.87. The molecule has 0 aliphatic rings. The fraction of sp³-hybridized carbons (Fsp3) is 0.188. The van der Waals surface area contributed by atoms with Crippen molar-refractivity contribution >= 4 is 40.2 Å². The Labute approximate surface area is 244 Å². The van der Waals surface area contributed by atoms with Crippen molar-refractivity contribution < 1.29 is 4.79 Å². The molecule has 0 atom stereocenters. The third kappa shape index (κ3) is 6.62. The zero-order chi connectivity index (χ0) is 28.8. The Balaban J connectivity index is 1.45. The Hall–Kier alpha value is -4.53. The molecule has 2 heterocycles. The summed E-state index contributed by atoms with van der Waals surface area (Å²) in [6.07, 6.45) is 3.97. The SMILES string of the molecule is N=C(N)c1ccc(CCc2nc3cc(C(=O)N(CCN)c4ccccn4)ccc3n2CCc2ccc(Cl)cc2)cc1. The van der Waals surface area contributed by atoms with E-state index in [9.17, 15) is 4.79 Å². The number of anilines is 1. The Morgan fingerprint density at radius 1 is 0.902 bits per heavy atom. The first-order chi connectivity index (χ1) is 19.9. The number of nitrogens with one attached hydrogen (secondary N) is 1. The van der Waals surface area contributed by atoms with Crippen LogP contribution in [0.4, 0.5) is 5.82 Å². The first-order valence-corrected chi connectivity index (χ1v) is 13.9. The molecular weight excluding hydrogens is 534 g/mol. The summed E-state index contributed by atoms with van der Waals surface area (Å²) in [7, 11) is 0. The summed E-state index contributed by atoms with van der Waals surface area (Å²) in [6.45, 7) is 1.41. The molecule has 5 aromatic rings. The number of aromatic nitrogens is 3. The zero-order valence-corrected chi connectivity index (χ0v) is 23.4. The van der Waals surface area contributed by atoms with Crippen LogP contribution < -0.4 is 16.4 Å². The molecule has 41 heavy (non-hydrogen) atoms. The number of rotatable bonds is 11. The van der Waals surface area contributed by atoms with Gasteiger partial charge in [0, 0.05) is 48.4 Å². The number of amidine groups is 1. The molecule has 5 N–H and O–H groups in total. The molecule has 0 aliphatic carbocycles. The van der Waals surface area contributed by atoms with Gasteiger partial charge in [0.05, 0.1) is 11.0 Å². The van der Waals surface area contributed by atoms with Crippen LogP contribution in [0.3, 0.4) is 0 Å². The topological polar surface area (TPSA) is 127 Å². The van der Waals surface area contributed by atoms with Crippen LogP contribution >= 0.6 is 11.6 Å². The minimum absolute atomic E-state index is 0.0546. The average molecular weight is 566 g/mol. The number of nitrogens with zero attached hydrogens (tertiary/aromatic N) is 4. The van der Waals surface area contributed by atoms with Gasteiger partial charge in [0.1, 0.15) is 17.5 Å². The zero-order valence-electron chi connectivity index (χ0n) is 22.6. The molecule has 0 unspecified atom stereocenters. The van der Waals surface area contributed by atoms with Gasteiger partial charge < -0.3 is 16.0 Å². The van der Waals surface area contributed by atoms with Crippen LogP contribution in [0.15, 0.2) is 91.1 Å². The lowest BCUT2D eigenvalue weighted by atomic mass is 10.1. The fourth-order valence-corrected chi connectivity index (χ4v) is 5.00. The molecule has 8 nitrogen and oxygen atoms in total. The standard InChI is InChI=1S/C32H32ClN7O/c33-26-12-6-23(7-13-26)16-19-39-28-14-11-25(32(41)40(20-17-34)29-3-1-2-18-37-29)21-27(28)38-30(39)15-8-22-4-9-24(10-5-22)31(35)36/h1-7,9-14,18,21H,8,15-17,19-20,34H2,(H3,35,36). The molecule has 0 radical (unpaired) electrons. The van der Waals surface area contributed by atoms with Crippen molar-refractivity contribution in [3.05, 3.63) is 124 Å². The Morgan fingerprint density at radius 3 is 2.29 bits per heavy atom. The second kappa shape index (κ2) is 12.8. The van der Waals surface area contributed by atoms with Gasteiger partial charge in [-0.2, -0.15) is 0 Å². The van der Waals surface area contributed by atoms with Crippen molar-refractivity contribution in [2.45, 2.75) is 25.8 Å². The van der Waals surface area contributed by atoms with Gasteiger partial charge >= 0.3 is 0 Å². The Morgan fingerprint density at radius 2 is 1.61 bits per heavy atom. The summed E-state index contributed by atoms with van der Waals surface area (Å²) in [4.78, 5) is 24.5. The number of aryl methyl sites for hydroxylation is 4. The Kier molecular flexibility index (Phi) is 8.72. The number of hydrogen-bond donors (Lipinski definition) is 3. The predicted octanol–water partition coefficient (Wildman–Crippen LogP) is 5.00. The number of hydrogen-bond acceptors (Lipinski definition) is 5. The lowest BCUT2D eigenvalue weighted by molar-refractivity contribution is 0.0987. The number of nitrogens with two attached hydrogens (primary N) is 2. The van der Waals surface area contributed by atoms with Crippen LogP contribution in [0, 0.1) is 5.41 Å². The number of carbonyl (C=O) groups is 1. The molecule has 0 saturated carbocycles. The summed E-state index contributed by atoms with van der Waals surface area (Å²) in [5.74, 6) is 1.39. The van der Waals surface area contributed by atoms with Crippen LogP contribution in [-0.2, 0) is 25.8 Å². The van der Waals surface area contributed by atoms with Gasteiger partial charge in [-0.1, -0.05) is 54.1 Å². The minimum Gasteiger partial charge on any atom is -0.384 e. The van der Waals surface area contributed by atoms with Crippen LogP contribution in [0.5, 0.6) is 0 Å². The van der Waals surface area contributed by atoms with Crippen LogP contribution in [0.1, 0.15) is 32.9 Å². The lowest BCUT2D eigenvalue weighted by Gasteiger charge is -2.21. The molecule has 0 fully saturated rings. The number of benzene rings is 3. The maximum atomic E-state index is 13.6. The number of amides is 1. The maximum Gasteiger partial charge on any atom is 0.259 e. The van der Waals surface area contributed by atoms with E-state index in [2.05, 4.69) is 9.55 Å². The molecule has 2 aromatic heterocycles. The van der Waals surface area contributed by atoms with Gasteiger partial charge in [0.2, 0.25) is 0 Å². The predicted molar refractivity (Wildman–Crippen MR) is 165 cm³/mol. The monoisotopic (exact) mass is 565 g/mol. The van der Waals surface area contributed by atoms with Crippen molar-refractivity contribution in [2.75, 3.05) is 18.0 Å². The summed E-state index contributed by atoms with van der Waals surface area (Å²) >= 11 is 6.09. The van der Waals surface area contributed by atoms with Gasteiger partial charge in [-0.25, -0.2) is 9.97 Å². The highest BCUT2D eigenvalue weighted by Crippen LogP contribution is 2.23. The molecule has 0 bridgehead atoms. The molecule has 208 valence electrons. The van der Waals surface area contributed by atoms with E-state index >= 15 is 0 Å². The molecule has 1 amide bonds. The van der Waals surface area contributed by atoms with Gasteiger partial charge in [0.25, 0.3) is 5.91 Å². The van der Waals surface area contributed by atoms with E-state index in [-0.39, 0.29) is 11.7 Å². The van der Waals surface area contributed by atoms with Gasteiger partial charge in [-0.05, 0) is 66.4 Å². The molecule has 0 spiro atoms. The van der Waals surface area contributed by atoms with E-state index in [1.54, 1.807) is 17.2 Å². The average Bonchev–Trinajstić information content (AvgIpc) is 3.35. The number of carbonyl (C=O) groups excluding carboxylic acids is 1. The van der Waals surface area contributed by atoms with Crippen molar-refractivity contribution in [1.82, 2.24) is 14.5 Å². The molecular formula is C32H32ClN7O. The summed E-state index contributed by atoms with van der Waals surface area (Å²) in [5, 5.41) is 8.34. The summed E-state index contributed by atoms with van der Waals surface area (Å²) in [5.41, 5.74) is 16.7. The first-order valence-electron chi connectivity index (χ1n) is 13.5. The third-order valence-corrected chi connectivity index (χ3v) is 7.29. The van der Waals surface area contributed by atoms with E-state index in [1.165, 1.54) is 5.56 Å². The number of imidazole rings is 1. The van der Waals surface area contributed by atoms with Crippen molar-refractivity contribution in [2.24, 2.45) is 11.5 Å². The van der Waals surface area contributed by atoms with Gasteiger partial charge in [-0.3, -0.25) is 15.1 Å². The van der Waals surface area contributed by atoms with E-state index in [1.807, 2.05) is 78.9 Å². The number of nitrogen functional groups attached to an aromatic ring is 1. The summed E-state index contributed by atoms with van der Waals surface area (Å²) in [6, 6.07) is 26.8. The van der Waals surface area contributed by atoms with E-state index in [0.29, 0.717) is 41.5 Å². The normalized spacial score (nSPS) is 11.1. The second-order valence-electron chi connectivity index (χ2n) is 9.80. The molecule has 3 aromatic carbocycles. The number of fused-ring (bicyclic) bond motifs is 1. The highest BCUT2D eigenvalue weighted by atomic mass is 35.5. The molecule has 5 rings (SSSR count). The van der Waals surface area contributed by atoms with E-state index in [0.717, 1.165) is 41.8 Å². The van der Waals surface area contributed by atoms with E-state index in [4.69, 9.17) is 33.5 Å². The Bertz CT molecular complexity index is 1650. The van der Waals surface area contributed by atoms with Crippen LogP contribution in [-0.4, -0.2) is 39.4 Å². The first kappa shape index (κ1) is 28.0. The van der Waals surface area contributed by atoms with Gasteiger partial charge in [-0.15, -0.1) is 0 Å². The van der Waals surface area contributed by atoms with Crippen molar-refractivity contribution in [3.8, 4) is 0 Å². The van der Waals surface area contributed by atoms with E-state index < -0.39 is 0 Å². The molecule has 0 saturated heterocycles. The van der Waals surface area contributed by atoms with Crippen molar-refractivity contribution in [3.63, 3.8) is 0 Å². The number of halogens is 1. The smallest absolute Gasteiger partial charge is 0.259 e. The second-order valence-corrected chi connectivity index (χ2v) is 10.2. The highest BCUT2D eigenvalue weighted by Gasteiger charge is 2.20.